The number of fused-ring (bicyclic) bond motifs is 2. The summed E-state index contributed by atoms with van der Waals surface area (Å²) in [6, 6.07) is 0. The highest BCUT2D eigenvalue weighted by Gasteiger charge is 2.61. The second kappa shape index (κ2) is 3.27. The van der Waals surface area contributed by atoms with Crippen LogP contribution in [-0.2, 0) is 4.79 Å². The van der Waals surface area contributed by atoms with Crippen molar-refractivity contribution in [1.29, 1.82) is 0 Å². The summed E-state index contributed by atoms with van der Waals surface area (Å²) in [4.78, 5) is 22.6. The molecule has 84 valence electrons. The molecule has 2 aliphatic carbocycles. The largest absolute Gasteiger partial charge is 0.392 e. The molecule has 15 heavy (non-hydrogen) atoms. The average molecular weight is 213 g/mol. The number of hydrogen-bond donors (Lipinski definition) is 1. The molecule has 0 unspecified atom stereocenters. The van der Waals surface area contributed by atoms with Gasteiger partial charge in [-0.25, -0.2) is 0 Å². The Kier molecular flexibility index (Phi) is 2.30. The fraction of sp³-hybridized carbons (Fsp3) is 0.900. The number of Topliss-reactive ketones (excluding diaryl/α,β-unsaturated/α-hetero) is 1. The maximum Gasteiger partial charge on any atom is 0.279 e. The van der Waals surface area contributed by atoms with Gasteiger partial charge in [0.05, 0.1) is 12.0 Å². The van der Waals surface area contributed by atoms with Gasteiger partial charge in [0.25, 0.3) is 5.54 Å². The third kappa shape index (κ3) is 1.29. The molecule has 5 nitrogen and oxygen atoms in total. The summed E-state index contributed by atoms with van der Waals surface area (Å²) < 4.78 is 0. The number of carbonyl (C=O) groups is 1. The Morgan fingerprint density at radius 1 is 1.60 bits per heavy atom. The molecule has 0 heterocycles. The number of rotatable bonds is 1. The fourth-order valence-electron chi connectivity index (χ4n) is 3.05. The first-order valence-electron chi connectivity index (χ1n) is 5.36. The van der Waals surface area contributed by atoms with E-state index in [0.29, 0.717) is 19.3 Å². The van der Waals surface area contributed by atoms with E-state index in [1.165, 1.54) is 0 Å². The van der Waals surface area contributed by atoms with Crippen molar-refractivity contribution in [2.75, 3.05) is 0 Å². The molecule has 2 fully saturated rings. The zero-order valence-corrected chi connectivity index (χ0v) is 8.68. The van der Waals surface area contributed by atoms with Crippen molar-refractivity contribution in [3.63, 3.8) is 0 Å². The molecule has 0 aromatic heterocycles. The monoisotopic (exact) mass is 213 g/mol. The number of hydrogen-bond acceptors (Lipinski definition) is 4. The molecule has 2 saturated carbocycles. The highest BCUT2D eigenvalue weighted by atomic mass is 16.6. The molecule has 2 rings (SSSR count). The molecule has 0 aromatic carbocycles. The first-order valence-corrected chi connectivity index (χ1v) is 5.36. The Labute approximate surface area is 87.6 Å². The van der Waals surface area contributed by atoms with E-state index in [0.717, 1.165) is 0 Å². The van der Waals surface area contributed by atoms with Crippen molar-refractivity contribution in [2.24, 2.45) is 11.8 Å². The molecule has 0 amide bonds. The van der Waals surface area contributed by atoms with E-state index >= 15 is 0 Å². The lowest BCUT2D eigenvalue weighted by atomic mass is 9.62. The summed E-state index contributed by atoms with van der Waals surface area (Å²) in [5, 5.41) is 20.9. The molecule has 4 atom stereocenters. The van der Waals surface area contributed by atoms with Crippen molar-refractivity contribution in [1.82, 2.24) is 0 Å². The SMILES string of the molecule is C[C@@H]1C[C@]2([N+](=O)[O-])CCC[C@@H](C2=O)[C@H]1O. The second-order valence-corrected chi connectivity index (χ2v) is 4.82. The number of ketones is 1. The third-order valence-electron chi connectivity index (χ3n) is 3.91. The van der Waals surface area contributed by atoms with Crippen molar-refractivity contribution in [3.8, 4) is 0 Å². The highest BCUT2D eigenvalue weighted by Crippen LogP contribution is 2.44. The van der Waals surface area contributed by atoms with Crippen LogP contribution in [0.4, 0.5) is 0 Å². The summed E-state index contributed by atoms with van der Waals surface area (Å²) in [7, 11) is 0. The predicted octanol–water partition coefficient (Wildman–Crippen LogP) is 0.772. The first-order chi connectivity index (χ1) is 6.99. The standard InChI is InChI=1S/C10H15NO4/c1-6-5-10(11(14)15)4-2-3-7(8(6)12)9(10)13/h6-8,12H,2-5H2,1H3/t6-,7-,8+,10-/m1/s1. The number of carbonyl (C=O) groups excluding carboxylic acids is 1. The second-order valence-electron chi connectivity index (χ2n) is 4.82. The summed E-state index contributed by atoms with van der Waals surface area (Å²) in [5.41, 5.74) is -1.39. The van der Waals surface area contributed by atoms with Crippen LogP contribution < -0.4 is 0 Å². The topological polar surface area (TPSA) is 80.4 Å². The fourth-order valence-corrected chi connectivity index (χ4v) is 3.05. The summed E-state index contributed by atoms with van der Waals surface area (Å²) in [5.74, 6) is -1.00. The first kappa shape index (κ1) is 10.5. The van der Waals surface area contributed by atoms with Crippen LogP contribution in [0, 0.1) is 22.0 Å². The molecule has 0 aliphatic heterocycles. The van der Waals surface area contributed by atoms with Gasteiger partial charge < -0.3 is 5.11 Å². The zero-order chi connectivity index (χ0) is 11.2. The lowest BCUT2D eigenvalue weighted by Crippen LogP contribution is -2.60. The van der Waals surface area contributed by atoms with Gasteiger partial charge in [-0.1, -0.05) is 6.92 Å². The summed E-state index contributed by atoms with van der Waals surface area (Å²) >= 11 is 0. The van der Waals surface area contributed by atoms with Crippen LogP contribution in [0.1, 0.15) is 32.6 Å². The van der Waals surface area contributed by atoms with Crippen LogP contribution in [0.15, 0.2) is 0 Å². The maximum atomic E-state index is 11.9. The summed E-state index contributed by atoms with van der Waals surface area (Å²) in [6.45, 7) is 1.79. The van der Waals surface area contributed by atoms with Crippen LogP contribution in [-0.4, -0.2) is 27.5 Å². The Balaban J connectivity index is 2.39. The highest BCUT2D eigenvalue weighted by molar-refractivity contribution is 5.91. The minimum Gasteiger partial charge on any atom is -0.392 e. The van der Waals surface area contributed by atoms with E-state index in [9.17, 15) is 20.0 Å². The minimum atomic E-state index is -1.39. The lowest BCUT2D eigenvalue weighted by Gasteiger charge is -2.42. The van der Waals surface area contributed by atoms with Gasteiger partial charge in [0.2, 0.25) is 5.78 Å². The Morgan fingerprint density at radius 2 is 2.27 bits per heavy atom. The van der Waals surface area contributed by atoms with Crippen LogP contribution in [0.3, 0.4) is 0 Å². The number of nitrogens with zero attached hydrogens (tertiary/aromatic N) is 1. The van der Waals surface area contributed by atoms with Crippen LogP contribution >= 0.6 is 0 Å². The van der Waals surface area contributed by atoms with Crippen LogP contribution in [0.2, 0.25) is 0 Å². The quantitative estimate of drug-likeness (QED) is 0.515. The third-order valence-corrected chi connectivity index (χ3v) is 3.91. The van der Waals surface area contributed by atoms with Crippen molar-refractivity contribution < 1.29 is 14.8 Å². The molecule has 2 bridgehead atoms. The molecule has 1 N–H and O–H groups in total. The van der Waals surface area contributed by atoms with Crippen molar-refractivity contribution >= 4 is 5.78 Å². The van der Waals surface area contributed by atoms with E-state index in [2.05, 4.69) is 0 Å². The van der Waals surface area contributed by atoms with Crippen molar-refractivity contribution in [3.05, 3.63) is 10.1 Å². The van der Waals surface area contributed by atoms with Crippen LogP contribution in [0.25, 0.3) is 0 Å². The van der Waals surface area contributed by atoms with E-state index in [1.54, 1.807) is 6.92 Å². The summed E-state index contributed by atoms with van der Waals surface area (Å²) in [6.07, 6.45) is 1.11. The zero-order valence-electron chi connectivity index (χ0n) is 8.68. The predicted molar refractivity (Wildman–Crippen MR) is 51.9 cm³/mol. The molecule has 0 saturated heterocycles. The molecule has 5 heteroatoms. The normalized spacial score (nSPS) is 45.2. The van der Waals surface area contributed by atoms with E-state index in [-0.39, 0.29) is 18.1 Å². The molecular weight excluding hydrogens is 198 g/mol. The van der Waals surface area contributed by atoms with Gasteiger partial charge in [0, 0.05) is 17.8 Å². The Hall–Kier alpha value is -0.970. The van der Waals surface area contributed by atoms with E-state index < -0.39 is 22.5 Å². The minimum absolute atomic E-state index is 0.154. The van der Waals surface area contributed by atoms with Gasteiger partial charge in [0.1, 0.15) is 0 Å². The van der Waals surface area contributed by atoms with E-state index in [4.69, 9.17) is 0 Å². The average Bonchev–Trinajstić information content (AvgIpc) is 2.17. The van der Waals surface area contributed by atoms with Crippen molar-refractivity contribution in [2.45, 2.75) is 44.2 Å². The number of nitro groups is 1. The maximum absolute atomic E-state index is 11.9. The molecular formula is C10H15NO4. The van der Waals surface area contributed by atoms with Gasteiger partial charge in [-0.15, -0.1) is 0 Å². The smallest absolute Gasteiger partial charge is 0.279 e. The van der Waals surface area contributed by atoms with Gasteiger partial charge >= 0.3 is 0 Å². The molecule has 0 radical (unpaired) electrons. The Bertz CT molecular complexity index is 317. The molecule has 2 aliphatic rings. The van der Waals surface area contributed by atoms with Gasteiger partial charge in [-0.2, -0.15) is 0 Å². The number of aliphatic hydroxyl groups is 1. The Morgan fingerprint density at radius 3 is 2.87 bits per heavy atom. The number of aliphatic hydroxyl groups excluding tert-OH is 1. The molecule has 0 spiro atoms. The van der Waals surface area contributed by atoms with E-state index in [1.807, 2.05) is 0 Å². The lowest BCUT2D eigenvalue weighted by molar-refractivity contribution is -0.561. The van der Waals surface area contributed by atoms with Gasteiger partial charge in [-0.05, 0) is 18.8 Å². The van der Waals surface area contributed by atoms with Gasteiger partial charge in [-0.3, -0.25) is 14.9 Å². The van der Waals surface area contributed by atoms with Gasteiger partial charge in [0.15, 0.2) is 0 Å². The molecule has 0 aromatic rings. The van der Waals surface area contributed by atoms with Crippen LogP contribution in [0.5, 0.6) is 0 Å².